The van der Waals surface area contributed by atoms with E-state index in [1.165, 1.54) is 0 Å². The second kappa shape index (κ2) is 2.64. The van der Waals surface area contributed by atoms with Crippen LogP contribution in [0.2, 0.25) is 0 Å². The molecule has 0 radical (unpaired) electrons. The van der Waals surface area contributed by atoms with Crippen molar-refractivity contribution in [1.29, 1.82) is 0 Å². The highest BCUT2D eigenvalue weighted by atomic mass is 16.5. The first kappa shape index (κ1) is 8.38. The van der Waals surface area contributed by atoms with Gasteiger partial charge < -0.3 is 15.6 Å². The van der Waals surface area contributed by atoms with Gasteiger partial charge in [0.2, 0.25) is 0 Å². The Morgan fingerprint density at radius 3 is 2.62 bits per heavy atom. The molecule has 1 aliphatic carbocycles. The van der Waals surface area contributed by atoms with Crippen molar-refractivity contribution in [2.75, 3.05) is 7.11 Å². The standard InChI is InChI=1S/C10H13NO2/c1-13-7-2-3-8(9(12)6-7)10(11)4-5-10/h2-3,6,12H,4-5,11H2,1H3. The van der Waals surface area contributed by atoms with E-state index in [-0.39, 0.29) is 11.3 Å². The van der Waals surface area contributed by atoms with Crippen molar-refractivity contribution in [2.24, 2.45) is 5.73 Å². The van der Waals surface area contributed by atoms with Crippen LogP contribution in [0.15, 0.2) is 18.2 Å². The van der Waals surface area contributed by atoms with Crippen LogP contribution in [0.4, 0.5) is 0 Å². The van der Waals surface area contributed by atoms with E-state index < -0.39 is 0 Å². The number of hydrogen-bond donors (Lipinski definition) is 2. The molecule has 0 unspecified atom stereocenters. The number of aromatic hydroxyl groups is 1. The highest BCUT2D eigenvalue weighted by molar-refractivity contribution is 5.45. The number of phenols is 1. The van der Waals surface area contributed by atoms with Gasteiger partial charge in [0.15, 0.2) is 0 Å². The van der Waals surface area contributed by atoms with Crippen molar-refractivity contribution < 1.29 is 9.84 Å². The molecule has 1 saturated carbocycles. The van der Waals surface area contributed by atoms with Gasteiger partial charge >= 0.3 is 0 Å². The van der Waals surface area contributed by atoms with Crippen LogP contribution in [0, 0.1) is 0 Å². The highest BCUT2D eigenvalue weighted by Gasteiger charge is 2.41. The van der Waals surface area contributed by atoms with Gasteiger partial charge in [0.1, 0.15) is 11.5 Å². The van der Waals surface area contributed by atoms with Crippen LogP contribution >= 0.6 is 0 Å². The summed E-state index contributed by atoms with van der Waals surface area (Å²) >= 11 is 0. The molecule has 0 heterocycles. The first-order chi connectivity index (χ1) is 6.15. The molecule has 70 valence electrons. The van der Waals surface area contributed by atoms with Gasteiger partial charge in [-0.3, -0.25) is 0 Å². The Bertz CT molecular complexity index is 332. The van der Waals surface area contributed by atoms with Crippen molar-refractivity contribution in [3.63, 3.8) is 0 Å². The first-order valence-electron chi connectivity index (χ1n) is 4.32. The highest BCUT2D eigenvalue weighted by Crippen LogP contribution is 2.46. The summed E-state index contributed by atoms with van der Waals surface area (Å²) in [4.78, 5) is 0. The van der Waals surface area contributed by atoms with Crippen LogP contribution in [0.1, 0.15) is 18.4 Å². The monoisotopic (exact) mass is 179 g/mol. The molecule has 0 aromatic heterocycles. The molecule has 1 aromatic carbocycles. The van der Waals surface area contributed by atoms with Crippen molar-refractivity contribution in [1.82, 2.24) is 0 Å². The number of rotatable bonds is 2. The SMILES string of the molecule is COc1ccc(C2(N)CC2)c(O)c1. The Balaban J connectivity index is 2.38. The predicted molar refractivity (Wildman–Crippen MR) is 49.8 cm³/mol. The van der Waals surface area contributed by atoms with Gasteiger partial charge in [-0.25, -0.2) is 0 Å². The van der Waals surface area contributed by atoms with Crippen molar-refractivity contribution in [3.05, 3.63) is 23.8 Å². The molecule has 1 fully saturated rings. The van der Waals surface area contributed by atoms with Crippen LogP contribution in [0.5, 0.6) is 11.5 Å². The molecule has 2 rings (SSSR count). The molecule has 0 aliphatic heterocycles. The minimum atomic E-state index is -0.281. The van der Waals surface area contributed by atoms with Gasteiger partial charge in [-0.15, -0.1) is 0 Å². The van der Waals surface area contributed by atoms with Crippen LogP contribution in [0.25, 0.3) is 0 Å². The molecule has 0 saturated heterocycles. The van der Waals surface area contributed by atoms with E-state index >= 15 is 0 Å². The lowest BCUT2D eigenvalue weighted by Crippen LogP contribution is -2.18. The van der Waals surface area contributed by atoms with Gasteiger partial charge in [0.05, 0.1) is 7.11 Å². The van der Waals surface area contributed by atoms with E-state index in [0.29, 0.717) is 5.75 Å². The van der Waals surface area contributed by atoms with Crippen LogP contribution in [-0.4, -0.2) is 12.2 Å². The molecule has 0 amide bonds. The van der Waals surface area contributed by atoms with Crippen molar-refractivity contribution in [3.8, 4) is 11.5 Å². The average Bonchev–Trinajstić information content (AvgIpc) is 2.84. The summed E-state index contributed by atoms with van der Waals surface area (Å²) in [5, 5.41) is 9.64. The number of benzene rings is 1. The summed E-state index contributed by atoms with van der Waals surface area (Å²) in [7, 11) is 1.57. The number of methoxy groups -OCH3 is 1. The second-order valence-electron chi connectivity index (χ2n) is 3.54. The molecule has 13 heavy (non-hydrogen) atoms. The van der Waals surface area contributed by atoms with Crippen molar-refractivity contribution in [2.45, 2.75) is 18.4 Å². The third kappa shape index (κ3) is 1.35. The Morgan fingerprint density at radius 1 is 1.46 bits per heavy atom. The van der Waals surface area contributed by atoms with Gasteiger partial charge in [0.25, 0.3) is 0 Å². The lowest BCUT2D eigenvalue weighted by molar-refractivity contribution is 0.405. The van der Waals surface area contributed by atoms with Gasteiger partial charge in [-0.2, -0.15) is 0 Å². The van der Waals surface area contributed by atoms with Gasteiger partial charge in [-0.1, -0.05) is 0 Å². The third-order valence-corrected chi connectivity index (χ3v) is 2.53. The molecule has 3 heteroatoms. The van der Waals surface area contributed by atoms with E-state index in [2.05, 4.69) is 0 Å². The zero-order valence-corrected chi connectivity index (χ0v) is 7.58. The fraction of sp³-hybridized carbons (Fsp3) is 0.400. The first-order valence-corrected chi connectivity index (χ1v) is 4.32. The number of phenolic OH excluding ortho intramolecular Hbond substituents is 1. The lowest BCUT2D eigenvalue weighted by atomic mass is 10.0. The Morgan fingerprint density at radius 2 is 2.15 bits per heavy atom. The minimum absolute atomic E-state index is 0.236. The minimum Gasteiger partial charge on any atom is -0.507 e. The molecule has 0 spiro atoms. The molecule has 1 aromatic rings. The molecule has 3 N–H and O–H groups in total. The fourth-order valence-corrected chi connectivity index (χ4v) is 1.46. The van der Waals surface area contributed by atoms with E-state index in [1.54, 1.807) is 13.2 Å². The maximum atomic E-state index is 9.64. The summed E-state index contributed by atoms with van der Waals surface area (Å²) < 4.78 is 4.98. The van der Waals surface area contributed by atoms with Crippen LogP contribution in [0.3, 0.4) is 0 Å². The Labute approximate surface area is 77.1 Å². The Kier molecular flexibility index (Phi) is 1.70. The summed E-state index contributed by atoms with van der Waals surface area (Å²) in [6, 6.07) is 5.26. The van der Waals surface area contributed by atoms with E-state index in [9.17, 15) is 5.11 Å². The molecule has 3 nitrogen and oxygen atoms in total. The largest absolute Gasteiger partial charge is 0.507 e. The predicted octanol–water partition coefficient (Wildman–Crippen LogP) is 1.35. The van der Waals surface area contributed by atoms with E-state index in [0.717, 1.165) is 18.4 Å². The van der Waals surface area contributed by atoms with E-state index in [4.69, 9.17) is 10.5 Å². The summed E-state index contributed by atoms with van der Waals surface area (Å²) in [6.07, 6.45) is 1.90. The second-order valence-corrected chi connectivity index (χ2v) is 3.54. The average molecular weight is 179 g/mol. The molecule has 1 aliphatic rings. The molecular formula is C10H13NO2. The zero-order valence-electron chi connectivity index (χ0n) is 7.58. The number of nitrogens with two attached hydrogens (primary N) is 1. The smallest absolute Gasteiger partial charge is 0.124 e. The number of ether oxygens (including phenoxy) is 1. The topological polar surface area (TPSA) is 55.5 Å². The summed E-state index contributed by atoms with van der Waals surface area (Å²) in [5.74, 6) is 0.893. The van der Waals surface area contributed by atoms with Gasteiger partial charge in [-0.05, 0) is 25.0 Å². The fourth-order valence-electron chi connectivity index (χ4n) is 1.46. The Hall–Kier alpha value is -1.22. The van der Waals surface area contributed by atoms with Gasteiger partial charge in [0, 0.05) is 17.2 Å². The maximum Gasteiger partial charge on any atom is 0.124 e. The number of hydrogen-bond acceptors (Lipinski definition) is 3. The molecule has 0 bridgehead atoms. The summed E-state index contributed by atoms with van der Waals surface area (Å²) in [6.45, 7) is 0. The third-order valence-electron chi connectivity index (χ3n) is 2.53. The van der Waals surface area contributed by atoms with E-state index in [1.807, 2.05) is 12.1 Å². The van der Waals surface area contributed by atoms with Crippen molar-refractivity contribution >= 4 is 0 Å². The zero-order chi connectivity index (χ0) is 9.47. The summed E-state index contributed by atoms with van der Waals surface area (Å²) in [5.41, 5.74) is 6.51. The van der Waals surface area contributed by atoms with Crippen LogP contribution in [-0.2, 0) is 5.54 Å². The molecular weight excluding hydrogens is 166 g/mol. The normalized spacial score (nSPS) is 18.3. The molecule has 0 atom stereocenters. The quantitative estimate of drug-likeness (QED) is 0.720. The van der Waals surface area contributed by atoms with Crippen LogP contribution < -0.4 is 10.5 Å². The maximum absolute atomic E-state index is 9.64. The lowest BCUT2D eigenvalue weighted by Gasteiger charge is -2.11.